The van der Waals surface area contributed by atoms with E-state index in [2.05, 4.69) is 15.3 Å². The number of nitrogens with two attached hydrogens (primary N) is 1. The molecule has 0 aliphatic carbocycles. The Balaban J connectivity index is 1.74. The molecule has 8 nitrogen and oxygen atoms in total. The van der Waals surface area contributed by atoms with Gasteiger partial charge >= 0.3 is 0 Å². The van der Waals surface area contributed by atoms with E-state index in [0.717, 1.165) is 5.56 Å². The summed E-state index contributed by atoms with van der Waals surface area (Å²) in [6.07, 6.45) is 0. The molecular formula is C20H19FN4O4S. The highest BCUT2D eigenvalue weighted by Crippen LogP contribution is 2.28. The number of nitrogens with one attached hydrogen (secondary N) is 2. The zero-order chi connectivity index (χ0) is 21.7. The summed E-state index contributed by atoms with van der Waals surface area (Å²) in [5, 5.41) is 2.76. The van der Waals surface area contributed by atoms with Crippen molar-refractivity contribution in [2.45, 2.75) is 10.9 Å². The highest BCUT2D eigenvalue weighted by molar-refractivity contribution is 7.98. The fourth-order valence-corrected chi connectivity index (χ4v) is 3.38. The molecule has 1 amide bonds. The number of rotatable bonds is 7. The molecule has 0 radical (unpaired) electrons. The molecule has 0 fully saturated rings. The van der Waals surface area contributed by atoms with Gasteiger partial charge in [-0.05, 0) is 35.9 Å². The van der Waals surface area contributed by atoms with Gasteiger partial charge in [0.25, 0.3) is 11.5 Å². The third-order valence-electron chi connectivity index (χ3n) is 4.10. The Kier molecular flexibility index (Phi) is 6.58. The second-order valence-corrected chi connectivity index (χ2v) is 7.03. The number of hydrogen-bond acceptors (Lipinski definition) is 7. The molecule has 0 aliphatic rings. The SMILES string of the molecule is COc1ccc(C(=O)Nc2c(N)nc(SCc3ccc(F)cc3)[nH]c2=O)cc1OC. The minimum Gasteiger partial charge on any atom is -0.493 e. The summed E-state index contributed by atoms with van der Waals surface area (Å²) in [4.78, 5) is 31.6. The molecule has 0 aliphatic heterocycles. The van der Waals surface area contributed by atoms with Gasteiger partial charge in [0.05, 0.1) is 14.2 Å². The molecule has 156 valence electrons. The third kappa shape index (κ3) is 4.90. The standard InChI is InChI=1S/C20H19FN4O4S/c1-28-14-8-5-12(9-15(14)29-2)18(26)23-16-17(22)24-20(25-19(16)27)30-10-11-3-6-13(21)7-4-11/h3-9H,10H2,1-2H3,(H,23,26)(H3,22,24,25,27). The molecular weight excluding hydrogens is 411 g/mol. The zero-order valence-electron chi connectivity index (χ0n) is 16.2. The molecule has 3 aromatic rings. The van der Waals surface area contributed by atoms with Crippen LogP contribution in [0.5, 0.6) is 11.5 Å². The van der Waals surface area contributed by atoms with E-state index in [4.69, 9.17) is 15.2 Å². The summed E-state index contributed by atoms with van der Waals surface area (Å²) in [7, 11) is 2.94. The Labute approximate surface area is 175 Å². The number of halogens is 1. The van der Waals surface area contributed by atoms with Gasteiger partial charge in [0.15, 0.2) is 22.5 Å². The van der Waals surface area contributed by atoms with Crippen molar-refractivity contribution in [3.63, 3.8) is 0 Å². The van der Waals surface area contributed by atoms with E-state index < -0.39 is 11.5 Å². The molecule has 2 aromatic carbocycles. The third-order valence-corrected chi connectivity index (χ3v) is 5.04. The van der Waals surface area contributed by atoms with E-state index in [1.54, 1.807) is 18.2 Å². The number of nitrogen functional groups attached to an aromatic ring is 1. The van der Waals surface area contributed by atoms with Crippen LogP contribution in [-0.4, -0.2) is 30.1 Å². The zero-order valence-corrected chi connectivity index (χ0v) is 17.0. The Morgan fingerprint density at radius 3 is 2.50 bits per heavy atom. The van der Waals surface area contributed by atoms with Crippen LogP contribution in [-0.2, 0) is 5.75 Å². The number of aromatic nitrogens is 2. The molecule has 1 aromatic heterocycles. The average Bonchev–Trinajstić information content (AvgIpc) is 2.75. The van der Waals surface area contributed by atoms with Crippen LogP contribution in [0.4, 0.5) is 15.9 Å². The molecule has 0 bridgehead atoms. The van der Waals surface area contributed by atoms with Crippen molar-refractivity contribution in [3.05, 3.63) is 69.8 Å². The first-order valence-electron chi connectivity index (χ1n) is 8.71. The number of nitrogens with zero attached hydrogens (tertiary/aromatic N) is 1. The van der Waals surface area contributed by atoms with Crippen molar-refractivity contribution in [1.29, 1.82) is 0 Å². The van der Waals surface area contributed by atoms with E-state index in [1.807, 2.05) is 0 Å². The number of H-pyrrole nitrogens is 1. The molecule has 4 N–H and O–H groups in total. The predicted octanol–water partition coefficient (Wildman–Crippen LogP) is 3.05. The molecule has 0 saturated heterocycles. The number of carbonyl (C=O) groups is 1. The largest absolute Gasteiger partial charge is 0.493 e. The Hall–Kier alpha value is -3.53. The maximum absolute atomic E-state index is 13.0. The Morgan fingerprint density at radius 1 is 1.17 bits per heavy atom. The van der Waals surface area contributed by atoms with Gasteiger partial charge in [-0.15, -0.1) is 0 Å². The molecule has 3 rings (SSSR count). The van der Waals surface area contributed by atoms with Gasteiger partial charge in [-0.25, -0.2) is 9.37 Å². The van der Waals surface area contributed by atoms with E-state index in [-0.39, 0.29) is 28.0 Å². The highest BCUT2D eigenvalue weighted by Gasteiger charge is 2.16. The predicted molar refractivity (Wildman–Crippen MR) is 113 cm³/mol. The first kappa shape index (κ1) is 21.2. The minimum atomic E-state index is -0.585. The lowest BCUT2D eigenvalue weighted by Gasteiger charge is -2.11. The van der Waals surface area contributed by atoms with E-state index in [1.165, 1.54) is 50.2 Å². The van der Waals surface area contributed by atoms with E-state index in [0.29, 0.717) is 17.3 Å². The number of ether oxygens (including phenoxy) is 2. The van der Waals surface area contributed by atoms with Crippen molar-refractivity contribution in [3.8, 4) is 11.5 Å². The van der Waals surface area contributed by atoms with Crippen LogP contribution in [0.1, 0.15) is 15.9 Å². The maximum Gasteiger partial charge on any atom is 0.277 e. The fourth-order valence-electron chi connectivity index (χ4n) is 2.55. The van der Waals surface area contributed by atoms with Gasteiger partial charge in [-0.1, -0.05) is 23.9 Å². The number of amides is 1. The number of anilines is 2. The van der Waals surface area contributed by atoms with Gasteiger partial charge < -0.3 is 20.5 Å². The Morgan fingerprint density at radius 2 is 1.87 bits per heavy atom. The second-order valence-electron chi connectivity index (χ2n) is 6.07. The molecule has 0 saturated carbocycles. The van der Waals surface area contributed by atoms with Gasteiger partial charge in [-0.3, -0.25) is 14.6 Å². The molecule has 0 unspecified atom stereocenters. The fraction of sp³-hybridized carbons (Fsp3) is 0.150. The monoisotopic (exact) mass is 430 g/mol. The minimum absolute atomic E-state index is 0.116. The summed E-state index contributed by atoms with van der Waals surface area (Å²) < 4.78 is 23.3. The number of thioether (sulfide) groups is 1. The number of hydrogen-bond donors (Lipinski definition) is 3. The second kappa shape index (κ2) is 9.31. The molecule has 0 spiro atoms. The maximum atomic E-state index is 13.0. The summed E-state index contributed by atoms with van der Waals surface area (Å²) in [5.41, 5.74) is 6.25. The quantitative estimate of drug-likeness (QED) is 0.389. The first-order chi connectivity index (χ1) is 14.4. The number of carbonyl (C=O) groups excluding carboxylic acids is 1. The first-order valence-corrected chi connectivity index (χ1v) is 9.70. The van der Waals surface area contributed by atoms with Crippen molar-refractivity contribution < 1.29 is 18.7 Å². The summed E-state index contributed by atoms with van der Waals surface area (Å²) in [5.74, 6) is 0.304. The topological polar surface area (TPSA) is 119 Å². The van der Waals surface area contributed by atoms with E-state index in [9.17, 15) is 14.0 Å². The highest BCUT2D eigenvalue weighted by atomic mass is 32.2. The van der Waals surface area contributed by atoms with Gasteiger partial charge in [0.2, 0.25) is 0 Å². The van der Waals surface area contributed by atoms with Crippen molar-refractivity contribution in [1.82, 2.24) is 9.97 Å². The van der Waals surface area contributed by atoms with Crippen LogP contribution in [0, 0.1) is 5.82 Å². The van der Waals surface area contributed by atoms with Crippen LogP contribution < -0.4 is 26.1 Å². The van der Waals surface area contributed by atoms with Gasteiger partial charge in [-0.2, -0.15) is 0 Å². The van der Waals surface area contributed by atoms with Crippen LogP contribution in [0.15, 0.2) is 52.4 Å². The van der Waals surface area contributed by atoms with Crippen LogP contribution in [0.3, 0.4) is 0 Å². The summed E-state index contributed by atoms with van der Waals surface area (Å²) in [6.45, 7) is 0. The number of benzene rings is 2. The van der Waals surface area contributed by atoms with Crippen molar-refractivity contribution in [2.24, 2.45) is 0 Å². The molecule has 10 heteroatoms. The normalized spacial score (nSPS) is 10.5. The van der Waals surface area contributed by atoms with Gasteiger partial charge in [0.1, 0.15) is 11.5 Å². The smallest absolute Gasteiger partial charge is 0.277 e. The molecule has 1 heterocycles. The van der Waals surface area contributed by atoms with E-state index >= 15 is 0 Å². The van der Waals surface area contributed by atoms with Crippen molar-refractivity contribution in [2.75, 3.05) is 25.3 Å². The Bertz CT molecular complexity index is 1120. The van der Waals surface area contributed by atoms with Crippen LogP contribution in [0.25, 0.3) is 0 Å². The number of aromatic amines is 1. The van der Waals surface area contributed by atoms with Gasteiger partial charge in [0, 0.05) is 11.3 Å². The lowest BCUT2D eigenvalue weighted by molar-refractivity contribution is 0.102. The summed E-state index contributed by atoms with van der Waals surface area (Å²) in [6, 6.07) is 10.6. The molecule has 30 heavy (non-hydrogen) atoms. The van der Waals surface area contributed by atoms with Crippen LogP contribution in [0.2, 0.25) is 0 Å². The summed E-state index contributed by atoms with van der Waals surface area (Å²) >= 11 is 1.23. The van der Waals surface area contributed by atoms with Crippen LogP contribution >= 0.6 is 11.8 Å². The lowest BCUT2D eigenvalue weighted by atomic mass is 10.2. The lowest BCUT2D eigenvalue weighted by Crippen LogP contribution is -2.23. The number of methoxy groups -OCH3 is 2. The average molecular weight is 430 g/mol. The van der Waals surface area contributed by atoms with Crippen molar-refractivity contribution >= 4 is 29.2 Å². The molecule has 0 atom stereocenters.